The largest absolute Gasteiger partial charge is 0.462 e. The normalized spacial score (nSPS) is 17.4. The molecule has 2 N–H and O–H groups in total. The highest BCUT2D eigenvalue weighted by molar-refractivity contribution is 8.01. The first-order valence-electron chi connectivity index (χ1n) is 24.1. The SMILES string of the molecule is CCOC(=O)c1c(SCC2(C(=O)OC(c3ccccc3)c3ccccc3)CS[C@@H]3C(NC(=O)C(=NOC)c4csc(NC(c5ccccc5)(c5ccccc5)c5ccccc5)n4)C(=O)N3C2)sc2ccccc2c1=O. The predicted octanol–water partition coefficient (Wildman–Crippen LogP) is 10.2. The molecule has 13 nitrogen and oxygen atoms in total. The van der Waals surface area contributed by atoms with Crippen LogP contribution < -0.4 is 16.1 Å². The van der Waals surface area contributed by atoms with Crippen LogP contribution in [0, 0.1) is 5.41 Å². The second-order valence-corrected chi connectivity index (χ2v) is 22.0. The van der Waals surface area contributed by atoms with Gasteiger partial charge in [0, 0.05) is 33.5 Å². The lowest BCUT2D eigenvalue weighted by Gasteiger charge is -2.54. The number of carbonyl (C=O) groups excluding carboxylic acids is 4. The number of amides is 2. The van der Waals surface area contributed by atoms with Gasteiger partial charge in [0.25, 0.3) is 5.91 Å². The Labute approximate surface area is 449 Å². The number of ether oxygens (including phenoxy) is 2. The van der Waals surface area contributed by atoms with Crippen molar-refractivity contribution in [1.82, 2.24) is 15.2 Å². The lowest BCUT2D eigenvalue weighted by atomic mass is 9.77. The van der Waals surface area contributed by atoms with E-state index in [1.165, 1.54) is 53.3 Å². The molecule has 2 aromatic heterocycles. The van der Waals surface area contributed by atoms with Crippen LogP contribution in [0.15, 0.2) is 195 Å². The molecule has 2 saturated heterocycles. The average Bonchev–Trinajstić information content (AvgIpc) is 3.92. The Hall–Kier alpha value is -7.57. The van der Waals surface area contributed by atoms with Crippen molar-refractivity contribution in [3.8, 4) is 0 Å². The summed E-state index contributed by atoms with van der Waals surface area (Å²) in [6.07, 6.45) is -0.790. The van der Waals surface area contributed by atoms with Gasteiger partial charge in [-0.25, -0.2) is 9.78 Å². The van der Waals surface area contributed by atoms with Crippen LogP contribution in [0.1, 0.15) is 56.9 Å². The Morgan fingerprint density at radius 3 is 1.93 bits per heavy atom. The Morgan fingerprint density at radius 1 is 0.800 bits per heavy atom. The number of nitrogens with zero attached hydrogens (tertiary/aromatic N) is 3. The first-order valence-corrected chi connectivity index (χ1v) is 27.8. The standard InChI is InChI=1S/C58H49N5O8S4/c1-3-70-53(67)45-48(64)42-31-19-20-32-44(42)75-54(45)74-36-57(55(68)71-49(37-21-9-4-10-22-37)38-23-11-5-12-24-38)34-63-51(66)47(52(63)73-35-57)60-50(65)46(62-69-2)43-33-72-56(59-43)61-58(39-25-13-6-14-26-39,40-27-15-7-16-28-40)41-29-17-8-18-30-41/h4-33,47,49,52H,3,34-36H2,1-2H3,(H,59,61)(H,60,65)/t47?,52-,57?/m1/s1. The Bertz CT molecular complexity index is 3300. The molecule has 3 atom stereocenters. The summed E-state index contributed by atoms with van der Waals surface area (Å²) in [5.74, 6) is -2.21. The number of benzene rings is 6. The highest BCUT2D eigenvalue weighted by Gasteiger charge is 2.58. The lowest BCUT2D eigenvalue weighted by Crippen LogP contribution is -2.74. The topological polar surface area (TPSA) is 166 Å². The van der Waals surface area contributed by atoms with Crippen LogP contribution >= 0.6 is 46.2 Å². The first kappa shape index (κ1) is 50.9. The quantitative estimate of drug-likeness (QED) is 0.0209. The van der Waals surface area contributed by atoms with E-state index >= 15 is 4.79 Å². The maximum Gasteiger partial charge on any atom is 0.344 e. The smallest absolute Gasteiger partial charge is 0.344 e. The lowest BCUT2D eigenvalue weighted by molar-refractivity contribution is -0.164. The zero-order valence-corrected chi connectivity index (χ0v) is 43.9. The summed E-state index contributed by atoms with van der Waals surface area (Å²) in [6.45, 7) is 1.66. The molecule has 10 rings (SSSR count). The molecule has 0 bridgehead atoms. The van der Waals surface area contributed by atoms with E-state index in [1.807, 2.05) is 127 Å². The molecule has 0 saturated carbocycles. The Morgan fingerprint density at radius 2 is 1.36 bits per heavy atom. The monoisotopic (exact) mass is 1070 g/mol. The van der Waals surface area contributed by atoms with Crippen LogP contribution in [0.4, 0.5) is 5.13 Å². The molecule has 2 unspecified atom stereocenters. The number of rotatable bonds is 18. The molecule has 378 valence electrons. The van der Waals surface area contributed by atoms with Gasteiger partial charge in [0.2, 0.25) is 11.3 Å². The van der Waals surface area contributed by atoms with E-state index in [2.05, 4.69) is 52.2 Å². The van der Waals surface area contributed by atoms with E-state index in [0.717, 1.165) is 27.8 Å². The van der Waals surface area contributed by atoms with Crippen molar-refractivity contribution in [2.24, 2.45) is 10.6 Å². The van der Waals surface area contributed by atoms with E-state index in [4.69, 9.17) is 19.3 Å². The summed E-state index contributed by atoms with van der Waals surface area (Å²) in [4.78, 5) is 83.0. The highest BCUT2D eigenvalue weighted by Crippen LogP contribution is 2.47. The molecule has 75 heavy (non-hydrogen) atoms. The van der Waals surface area contributed by atoms with Crippen molar-refractivity contribution in [2.75, 3.05) is 37.1 Å². The third-order valence-electron chi connectivity index (χ3n) is 13.1. The summed E-state index contributed by atoms with van der Waals surface area (Å²) in [6, 6.07) is 55.1. The van der Waals surface area contributed by atoms with Crippen molar-refractivity contribution in [3.05, 3.63) is 231 Å². The van der Waals surface area contributed by atoms with Crippen LogP contribution in [0.3, 0.4) is 0 Å². The number of oxime groups is 1. The fourth-order valence-corrected chi connectivity index (χ4v) is 14.4. The molecule has 17 heteroatoms. The van der Waals surface area contributed by atoms with Crippen LogP contribution in [-0.2, 0) is 34.2 Å². The molecule has 6 aromatic carbocycles. The first-order chi connectivity index (χ1) is 36.6. The predicted molar refractivity (Wildman–Crippen MR) is 296 cm³/mol. The number of esters is 2. The third-order valence-corrected chi connectivity index (χ3v) is 18.2. The Kier molecular flexibility index (Phi) is 15.3. The molecule has 4 heterocycles. The van der Waals surface area contributed by atoms with Gasteiger partial charge in [0.1, 0.15) is 40.7 Å². The maximum absolute atomic E-state index is 15.1. The highest BCUT2D eigenvalue weighted by atomic mass is 32.2. The number of thiazole rings is 1. The molecule has 2 aliphatic rings. The fourth-order valence-electron chi connectivity index (χ4n) is 9.41. The van der Waals surface area contributed by atoms with Crippen LogP contribution in [0.5, 0.6) is 0 Å². The molecule has 2 fully saturated rings. The number of nitrogens with one attached hydrogen (secondary N) is 2. The number of thioether (sulfide) groups is 2. The maximum atomic E-state index is 15.1. The second kappa shape index (κ2) is 22.5. The van der Waals surface area contributed by atoms with Gasteiger partial charge in [-0.3, -0.25) is 19.2 Å². The van der Waals surface area contributed by atoms with E-state index in [-0.39, 0.29) is 41.6 Å². The number of β-lactam (4-membered cyclic amide) rings is 1. The minimum absolute atomic E-state index is 0.0360. The summed E-state index contributed by atoms with van der Waals surface area (Å²) >= 11 is 5.08. The van der Waals surface area contributed by atoms with Gasteiger partial charge < -0.3 is 29.8 Å². The van der Waals surface area contributed by atoms with E-state index in [1.54, 1.807) is 29.3 Å². The molecule has 0 spiro atoms. The number of hydrogen-bond donors (Lipinski definition) is 2. The summed E-state index contributed by atoms with van der Waals surface area (Å²) in [5.41, 5.74) is 1.69. The molecule has 0 aliphatic carbocycles. The average molecular weight is 1070 g/mol. The van der Waals surface area contributed by atoms with Gasteiger partial charge in [-0.15, -0.1) is 46.2 Å². The number of aromatic nitrogens is 1. The number of carbonyl (C=O) groups is 4. The summed E-state index contributed by atoms with van der Waals surface area (Å²) < 4.78 is 13.0. The minimum Gasteiger partial charge on any atom is -0.462 e. The number of fused-ring (bicyclic) bond motifs is 2. The zero-order valence-electron chi connectivity index (χ0n) is 40.6. The Balaban J connectivity index is 0.923. The summed E-state index contributed by atoms with van der Waals surface area (Å²) in [5, 5.41) is 12.8. The number of hydrogen-bond acceptors (Lipinski definition) is 15. The van der Waals surface area contributed by atoms with Crippen molar-refractivity contribution in [1.29, 1.82) is 0 Å². The second-order valence-electron chi connectivity index (χ2n) is 17.7. The van der Waals surface area contributed by atoms with Gasteiger partial charge in [0.15, 0.2) is 16.9 Å². The van der Waals surface area contributed by atoms with Crippen LogP contribution in [-0.4, -0.2) is 82.5 Å². The van der Waals surface area contributed by atoms with Crippen LogP contribution in [0.25, 0.3) is 10.1 Å². The minimum atomic E-state index is -1.35. The van der Waals surface area contributed by atoms with Crippen LogP contribution in [0.2, 0.25) is 0 Å². The van der Waals surface area contributed by atoms with Gasteiger partial charge in [-0.05, 0) is 46.9 Å². The van der Waals surface area contributed by atoms with Gasteiger partial charge in [0.05, 0.1) is 10.8 Å². The van der Waals surface area contributed by atoms with Gasteiger partial charge >= 0.3 is 11.9 Å². The van der Waals surface area contributed by atoms with E-state index in [0.29, 0.717) is 19.4 Å². The van der Waals surface area contributed by atoms with E-state index in [9.17, 15) is 19.2 Å². The molecule has 2 amide bonds. The fraction of sp³-hybridized carbons (Fsp3) is 0.190. The van der Waals surface area contributed by atoms with Gasteiger partial charge in [-0.1, -0.05) is 169 Å². The van der Waals surface area contributed by atoms with Crippen molar-refractivity contribution in [2.45, 2.75) is 34.2 Å². The molecular formula is C58H49N5O8S4. The van der Waals surface area contributed by atoms with Crippen molar-refractivity contribution < 1.29 is 33.5 Å². The molecule has 2 aliphatic heterocycles. The molecule has 8 aromatic rings. The van der Waals surface area contributed by atoms with Crippen molar-refractivity contribution >= 4 is 90.9 Å². The molecular weight excluding hydrogens is 1020 g/mol. The molecule has 0 radical (unpaired) electrons. The number of anilines is 1. The van der Waals surface area contributed by atoms with E-state index < -0.39 is 57.7 Å². The van der Waals surface area contributed by atoms with Gasteiger partial charge in [-0.2, -0.15) is 0 Å². The zero-order chi connectivity index (χ0) is 51.9. The van der Waals surface area contributed by atoms with Crippen molar-refractivity contribution in [3.63, 3.8) is 0 Å². The summed E-state index contributed by atoms with van der Waals surface area (Å²) in [7, 11) is 1.33. The third kappa shape index (κ3) is 10.2.